The fraction of sp³-hybridized carbons (Fsp3) is 0.545. The van der Waals surface area contributed by atoms with Gasteiger partial charge in [-0.1, -0.05) is 6.07 Å². The number of amides is 1. The standard InChI is InChI=1S/C11H15FN2OS/c12-9-3-4-14(7-9)8-11(15)13-6-10-2-1-5-16-10/h1-2,5,9H,3-4,6-8H2,(H,13,15). The molecule has 0 bridgehead atoms. The molecule has 0 aromatic carbocycles. The van der Waals surface area contributed by atoms with Gasteiger partial charge in [0.15, 0.2) is 0 Å². The van der Waals surface area contributed by atoms with Crippen LogP contribution in [-0.4, -0.2) is 36.6 Å². The van der Waals surface area contributed by atoms with Gasteiger partial charge in [-0.15, -0.1) is 11.3 Å². The van der Waals surface area contributed by atoms with Crippen LogP contribution in [0.3, 0.4) is 0 Å². The number of rotatable bonds is 4. The molecule has 1 N–H and O–H groups in total. The van der Waals surface area contributed by atoms with Crippen molar-refractivity contribution in [3.05, 3.63) is 22.4 Å². The summed E-state index contributed by atoms with van der Waals surface area (Å²) in [6.45, 7) is 1.97. The lowest BCUT2D eigenvalue weighted by molar-refractivity contribution is -0.122. The Kier molecular flexibility index (Phi) is 3.90. The number of nitrogens with one attached hydrogen (secondary N) is 1. The van der Waals surface area contributed by atoms with Crippen LogP contribution in [0.15, 0.2) is 17.5 Å². The lowest BCUT2D eigenvalue weighted by atomic mass is 10.3. The van der Waals surface area contributed by atoms with Gasteiger partial charge in [0.05, 0.1) is 13.1 Å². The van der Waals surface area contributed by atoms with Crippen molar-refractivity contribution >= 4 is 17.2 Å². The molecule has 1 aliphatic rings. The molecular formula is C11H15FN2OS. The van der Waals surface area contributed by atoms with Crippen molar-refractivity contribution in [3.63, 3.8) is 0 Å². The normalized spacial score (nSPS) is 21.2. The molecule has 2 heterocycles. The van der Waals surface area contributed by atoms with Crippen molar-refractivity contribution in [2.45, 2.75) is 19.1 Å². The van der Waals surface area contributed by atoms with Crippen molar-refractivity contribution in [1.29, 1.82) is 0 Å². The Morgan fingerprint density at radius 1 is 1.69 bits per heavy atom. The minimum Gasteiger partial charge on any atom is -0.350 e. The first-order valence-electron chi connectivity index (χ1n) is 5.39. The van der Waals surface area contributed by atoms with E-state index in [9.17, 15) is 9.18 Å². The van der Waals surface area contributed by atoms with Crippen molar-refractivity contribution < 1.29 is 9.18 Å². The van der Waals surface area contributed by atoms with Gasteiger partial charge in [0.25, 0.3) is 0 Å². The number of nitrogens with zero attached hydrogens (tertiary/aromatic N) is 1. The molecule has 1 aromatic heterocycles. The van der Waals surface area contributed by atoms with Crippen molar-refractivity contribution in [1.82, 2.24) is 10.2 Å². The van der Waals surface area contributed by atoms with Crippen LogP contribution in [0, 0.1) is 0 Å². The molecule has 1 amide bonds. The van der Waals surface area contributed by atoms with Crippen molar-refractivity contribution in [2.75, 3.05) is 19.6 Å². The Labute approximate surface area is 98.3 Å². The van der Waals surface area contributed by atoms with Gasteiger partial charge in [-0.3, -0.25) is 9.69 Å². The van der Waals surface area contributed by atoms with Crippen LogP contribution in [0.1, 0.15) is 11.3 Å². The van der Waals surface area contributed by atoms with Crippen LogP contribution in [0.25, 0.3) is 0 Å². The number of hydrogen-bond donors (Lipinski definition) is 1. The summed E-state index contributed by atoms with van der Waals surface area (Å²) in [5.41, 5.74) is 0. The Morgan fingerprint density at radius 2 is 2.56 bits per heavy atom. The molecular weight excluding hydrogens is 227 g/mol. The first-order valence-corrected chi connectivity index (χ1v) is 6.27. The predicted molar refractivity (Wildman–Crippen MR) is 62.1 cm³/mol. The first-order chi connectivity index (χ1) is 7.74. The molecule has 2 rings (SSSR count). The summed E-state index contributed by atoms with van der Waals surface area (Å²) in [7, 11) is 0. The summed E-state index contributed by atoms with van der Waals surface area (Å²) in [6, 6.07) is 3.94. The fourth-order valence-corrected chi connectivity index (χ4v) is 2.43. The molecule has 1 unspecified atom stereocenters. The fourth-order valence-electron chi connectivity index (χ4n) is 1.79. The molecule has 0 aliphatic carbocycles. The number of carbonyl (C=O) groups excluding carboxylic acids is 1. The highest BCUT2D eigenvalue weighted by molar-refractivity contribution is 7.09. The van der Waals surface area contributed by atoms with Gasteiger partial charge in [0, 0.05) is 18.0 Å². The molecule has 1 aromatic rings. The SMILES string of the molecule is O=C(CN1CCC(F)C1)NCc1cccs1. The molecule has 0 saturated carbocycles. The molecule has 0 spiro atoms. The highest BCUT2D eigenvalue weighted by Crippen LogP contribution is 2.11. The largest absolute Gasteiger partial charge is 0.350 e. The number of thiophene rings is 1. The molecule has 5 heteroatoms. The number of hydrogen-bond acceptors (Lipinski definition) is 3. The van der Waals surface area contributed by atoms with Gasteiger partial charge in [0.2, 0.25) is 5.91 Å². The smallest absolute Gasteiger partial charge is 0.234 e. The van der Waals surface area contributed by atoms with Crippen LogP contribution in [0.4, 0.5) is 4.39 Å². The summed E-state index contributed by atoms with van der Waals surface area (Å²) in [6.07, 6.45) is -0.205. The average molecular weight is 242 g/mol. The maximum Gasteiger partial charge on any atom is 0.234 e. The third-order valence-electron chi connectivity index (χ3n) is 2.62. The summed E-state index contributed by atoms with van der Waals surface area (Å²) in [5.74, 6) is -0.0255. The van der Waals surface area contributed by atoms with Crippen LogP contribution in [0.5, 0.6) is 0 Å². The van der Waals surface area contributed by atoms with Gasteiger partial charge in [-0.25, -0.2) is 4.39 Å². The Bertz CT molecular complexity index is 342. The van der Waals surface area contributed by atoms with E-state index in [0.717, 1.165) is 4.88 Å². The molecule has 0 radical (unpaired) electrons. The molecule has 16 heavy (non-hydrogen) atoms. The molecule has 3 nitrogen and oxygen atoms in total. The third-order valence-corrected chi connectivity index (χ3v) is 3.50. The van der Waals surface area contributed by atoms with E-state index in [1.54, 1.807) is 11.3 Å². The third kappa shape index (κ3) is 3.28. The zero-order valence-electron chi connectivity index (χ0n) is 8.99. The van der Waals surface area contributed by atoms with E-state index in [1.165, 1.54) is 0 Å². The molecule has 1 fully saturated rings. The van der Waals surface area contributed by atoms with Crippen LogP contribution in [-0.2, 0) is 11.3 Å². The Hall–Kier alpha value is -0.940. The number of likely N-dealkylation sites (tertiary alicyclic amines) is 1. The van der Waals surface area contributed by atoms with Crippen LogP contribution >= 0.6 is 11.3 Å². The lowest BCUT2D eigenvalue weighted by Gasteiger charge is -2.13. The van der Waals surface area contributed by atoms with Gasteiger partial charge in [0.1, 0.15) is 6.17 Å². The van der Waals surface area contributed by atoms with Crippen molar-refractivity contribution in [2.24, 2.45) is 0 Å². The highest BCUT2D eigenvalue weighted by atomic mass is 32.1. The zero-order chi connectivity index (χ0) is 11.4. The minimum atomic E-state index is -0.759. The van der Waals surface area contributed by atoms with E-state index in [-0.39, 0.29) is 5.91 Å². The van der Waals surface area contributed by atoms with E-state index < -0.39 is 6.17 Å². The minimum absolute atomic E-state index is 0.0255. The average Bonchev–Trinajstić information content (AvgIpc) is 2.87. The van der Waals surface area contributed by atoms with E-state index in [0.29, 0.717) is 32.6 Å². The lowest BCUT2D eigenvalue weighted by Crippen LogP contribution is -2.35. The highest BCUT2D eigenvalue weighted by Gasteiger charge is 2.23. The maximum atomic E-state index is 12.9. The second kappa shape index (κ2) is 5.41. The van der Waals surface area contributed by atoms with E-state index in [1.807, 2.05) is 22.4 Å². The number of alkyl halides is 1. The van der Waals surface area contributed by atoms with Gasteiger partial charge < -0.3 is 5.32 Å². The predicted octanol–water partition coefficient (Wildman–Crippen LogP) is 1.41. The maximum absolute atomic E-state index is 12.9. The van der Waals surface area contributed by atoms with E-state index in [2.05, 4.69) is 5.32 Å². The molecule has 88 valence electrons. The van der Waals surface area contributed by atoms with Crippen LogP contribution in [0.2, 0.25) is 0 Å². The number of halogens is 1. The summed E-state index contributed by atoms with van der Waals surface area (Å²) in [4.78, 5) is 14.5. The summed E-state index contributed by atoms with van der Waals surface area (Å²) in [5, 5.41) is 4.82. The monoisotopic (exact) mass is 242 g/mol. The molecule has 1 saturated heterocycles. The van der Waals surface area contributed by atoms with E-state index >= 15 is 0 Å². The van der Waals surface area contributed by atoms with Gasteiger partial charge in [-0.05, 0) is 17.9 Å². The second-order valence-corrected chi connectivity index (χ2v) is 5.01. The van der Waals surface area contributed by atoms with E-state index in [4.69, 9.17) is 0 Å². The Morgan fingerprint density at radius 3 is 3.19 bits per heavy atom. The molecule has 1 atom stereocenters. The second-order valence-electron chi connectivity index (χ2n) is 3.98. The van der Waals surface area contributed by atoms with Gasteiger partial charge >= 0.3 is 0 Å². The topological polar surface area (TPSA) is 32.3 Å². The Balaban J connectivity index is 1.68. The van der Waals surface area contributed by atoms with Crippen molar-refractivity contribution in [3.8, 4) is 0 Å². The summed E-state index contributed by atoms with van der Waals surface area (Å²) >= 11 is 1.62. The number of carbonyl (C=O) groups is 1. The first kappa shape index (κ1) is 11.5. The summed E-state index contributed by atoms with van der Waals surface area (Å²) < 4.78 is 12.9. The van der Waals surface area contributed by atoms with Gasteiger partial charge in [-0.2, -0.15) is 0 Å². The molecule has 1 aliphatic heterocycles. The zero-order valence-corrected chi connectivity index (χ0v) is 9.80. The quantitative estimate of drug-likeness (QED) is 0.865. The van der Waals surface area contributed by atoms with Crippen LogP contribution < -0.4 is 5.32 Å².